The minimum atomic E-state index is -0.338. The van der Waals surface area contributed by atoms with Gasteiger partial charge in [0.1, 0.15) is 6.54 Å². The Morgan fingerprint density at radius 1 is 1.19 bits per heavy atom. The van der Waals surface area contributed by atoms with Crippen molar-refractivity contribution in [1.82, 2.24) is 9.80 Å². The lowest BCUT2D eigenvalue weighted by atomic mass is 9.99. The maximum absolute atomic E-state index is 12.5. The van der Waals surface area contributed by atoms with Gasteiger partial charge in [-0.2, -0.15) is 0 Å². The quantitative estimate of drug-likeness (QED) is 0.837. The Bertz CT molecular complexity index is 546. The zero-order chi connectivity index (χ0) is 15.6. The molecule has 1 aromatic rings. The fourth-order valence-corrected chi connectivity index (χ4v) is 2.76. The van der Waals surface area contributed by atoms with Gasteiger partial charge in [0.05, 0.1) is 0 Å². The zero-order valence-corrected chi connectivity index (χ0v) is 13.3. The smallest absolute Gasteiger partial charge is 0.242 e. The van der Waals surface area contributed by atoms with Crippen molar-refractivity contribution in [2.45, 2.75) is 46.2 Å². The molecule has 0 bridgehead atoms. The Balaban J connectivity index is 2.06. The predicted molar refractivity (Wildman–Crippen MR) is 82.7 cm³/mol. The molecule has 0 aliphatic carbocycles. The average Bonchev–Trinajstić information content (AvgIpc) is 2.42. The third-order valence-corrected chi connectivity index (χ3v) is 3.97. The zero-order valence-electron chi connectivity index (χ0n) is 13.3. The van der Waals surface area contributed by atoms with Gasteiger partial charge in [0.15, 0.2) is 0 Å². The summed E-state index contributed by atoms with van der Waals surface area (Å²) in [6.45, 7) is 8.90. The molecule has 2 amide bonds. The van der Waals surface area contributed by atoms with E-state index < -0.39 is 0 Å². The third-order valence-electron chi connectivity index (χ3n) is 3.97. The molecule has 1 aliphatic heterocycles. The van der Waals surface area contributed by atoms with Crippen LogP contribution in [0.25, 0.3) is 0 Å². The van der Waals surface area contributed by atoms with Crippen LogP contribution in [-0.4, -0.2) is 40.2 Å². The number of amides is 2. The van der Waals surface area contributed by atoms with Gasteiger partial charge in [-0.05, 0) is 38.3 Å². The summed E-state index contributed by atoms with van der Waals surface area (Å²) in [6.07, 6.45) is 0.886. The first-order valence-electron chi connectivity index (χ1n) is 7.42. The number of hydrogen-bond donors (Lipinski definition) is 0. The van der Waals surface area contributed by atoms with E-state index >= 15 is 0 Å². The molecule has 0 unspecified atom stereocenters. The molecule has 1 aliphatic rings. The maximum Gasteiger partial charge on any atom is 0.242 e. The number of benzene rings is 1. The molecule has 2 rings (SSSR count). The highest BCUT2D eigenvalue weighted by Gasteiger charge is 2.29. The highest BCUT2D eigenvalue weighted by Crippen LogP contribution is 2.20. The average molecular weight is 288 g/mol. The van der Waals surface area contributed by atoms with Gasteiger partial charge in [0.2, 0.25) is 11.8 Å². The molecule has 0 saturated carbocycles. The summed E-state index contributed by atoms with van der Waals surface area (Å²) in [5.74, 6) is -0.0390. The maximum atomic E-state index is 12.5. The fourth-order valence-electron chi connectivity index (χ4n) is 2.76. The summed E-state index contributed by atoms with van der Waals surface area (Å²) >= 11 is 0. The molecular formula is C17H24N2O2. The summed E-state index contributed by atoms with van der Waals surface area (Å²) in [6, 6.07) is 8.23. The van der Waals surface area contributed by atoms with Crippen LogP contribution in [0, 0.1) is 0 Å². The monoisotopic (exact) mass is 288 g/mol. The Kier molecular flexibility index (Phi) is 4.35. The van der Waals surface area contributed by atoms with Crippen LogP contribution >= 0.6 is 0 Å². The molecule has 0 aromatic heterocycles. The van der Waals surface area contributed by atoms with E-state index in [1.807, 2.05) is 37.8 Å². The minimum absolute atomic E-state index is 0.0228. The molecule has 114 valence electrons. The van der Waals surface area contributed by atoms with Gasteiger partial charge in [0.25, 0.3) is 0 Å². The van der Waals surface area contributed by atoms with Gasteiger partial charge >= 0.3 is 0 Å². The summed E-state index contributed by atoms with van der Waals surface area (Å²) in [4.78, 5) is 27.7. The Hall–Kier alpha value is -1.84. The highest BCUT2D eigenvalue weighted by molar-refractivity contribution is 5.84. The van der Waals surface area contributed by atoms with Crippen molar-refractivity contribution < 1.29 is 9.59 Å². The van der Waals surface area contributed by atoms with Crippen molar-refractivity contribution in [3.05, 3.63) is 35.4 Å². The molecule has 0 radical (unpaired) electrons. The normalized spacial score (nSPS) is 14.6. The first-order valence-corrected chi connectivity index (χ1v) is 7.42. The molecule has 4 heteroatoms. The lowest BCUT2D eigenvalue weighted by Crippen LogP contribution is -2.51. The second-order valence-electron chi connectivity index (χ2n) is 6.61. The molecule has 0 spiro atoms. The summed E-state index contributed by atoms with van der Waals surface area (Å²) in [5, 5.41) is 0. The van der Waals surface area contributed by atoms with Gasteiger partial charge < -0.3 is 9.80 Å². The van der Waals surface area contributed by atoms with Crippen LogP contribution in [0.4, 0.5) is 0 Å². The van der Waals surface area contributed by atoms with Crippen LogP contribution in [-0.2, 0) is 22.6 Å². The standard InChI is InChI=1S/C17H24N2O2/c1-13(20)19(17(2,3)4)12-16(21)18-10-9-14-7-5-6-8-15(14)11-18/h5-8H,9-12H2,1-4H3. The molecule has 4 nitrogen and oxygen atoms in total. The van der Waals surface area contributed by atoms with E-state index in [4.69, 9.17) is 0 Å². The SMILES string of the molecule is CC(=O)N(CC(=O)N1CCc2ccccc2C1)C(C)(C)C. The van der Waals surface area contributed by atoms with E-state index in [9.17, 15) is 9.59 Å². The van der Waals surface area contributed by atoms with Crippen LogP contribution in [0.3, 0.4) is 0 Å². The van der Waals surface area contributed by atoms with E-state index in [1.165, 1.54) is 18.1 Å². The summed E-state index contributed by atoms with van der Waals surface area (Å²) < 4.78 is 0. The largest absolute Gasteiger partial charge is 0.336 e. The first-order chi connectivity index (χ1) is 9.79. The number of rotatable bonds is 2. The molecule has 0 N–H and O–H groups in total. The van der Waals surface area contributed by atoms with Gasteiger partial charge in [-0.3, -0.25) is 9.59 Å². The summed E-state index contributed by atoms with van der Waals surface area (Å²) in [7, 11) is 0. The highest BCUT2D eigenvalue weighted by atomic mass is 16.2. The molecule has 1 aromatic carbocycles. The number of hydrogen-bond acceptors (Lipinski definition) is 2. The van der Waals surface area contributed by atoms with E-state index in [0.717, 1.165) is 13.0 Å². The van der Waals surface area contributed by atoms with E-state index in [1.54, 1.807) is 4.90 Å². The van der Waals surface area contributed by atoms with E-state index in [0.29, 0.717) is 6.54 Å². The summed E-state index contributed by atoms with van der Waals surface area (Å²) in [5.41, 5.74) is 2.19. The second kappa shape index (κ2) is 5.88. The fraction of sp³-hybridized carbons (Fsp3) is 0.529. The number of carbonyl (C=O) groups is 2. The van der Waals surface area contributed by atoms with Crippen molar-refractivity contribution in [1.29, 1.82) is 0 Å². The van der Waals surface area contributed by atoms with Crippen LogP contribution in [0.1, 0.15) is 38.8 Å². The molecular weight excluding hydrogens is 264 g/mol. The van der Waals surface area contributed by atoms with Crippen molar-refractivity contribution >= 4 is 11.8 Å². The molecule has 0 fully saturated rings. The minimum Gasteiger partial charge on any atom is -0.336 e. The molecule has 1 heterocycles. The van der Waals surface area contributed by atoms with Crippen LogP contribution in [0.15, 0.2) is 24.3 Å². The molecule has 21 heavy (non-hydrogen) atoms. The molecule has 0 saturated heterocycles. The predicted octanol–water partition coefficient (Wildman–Crippen LogP) is 2.22. The van der Waals surface area contributed by atoms with E-state index in [-0.39, 0.29) is 23.9 Å². The van der Waals surface area contributed by atoms with Crippen molar-refractivity contribution in [2.75, 3.05) is 13.1 Å². The second-order valence-corrected chi connectivity index (χ2v) is 6.61. The van der Waals surface area contributed by atoms with Crippen molar-refractivity contribution in [2.24, 2.45) is 0 Å². The van der Waals surface area contributed by atoms with Gasteiger partial charge in [-0.25, -0.2) is 0 Å². The van der Waals surface area contributed by atoms with Gasteiger partial charge in [-0.15, -0.1) is 0 Å². The van der Waals surface area contributed by atoms with Crippen LogP contribution < -0.4 is 0 Å². The third kappa shape index (κ3) is 3.63. The van der Waals surface area contributed by atoms with Crippen molar-refractivity contribution in [3.8, 4) is 0 Å². The van der Waals surface area contributed by atoms with E-state index in [2.05, 4.69) is 12.1 Å². The Morgan fingerprint density at radius 3 is 2.38 bits per heavy atom. The van der Waals surface area contributed by atoms with Gasteiger partial charge in [0, 0.05) is 25.6 Å². The number of nitrogens with zero attached hydrogens (tertiary/aromatic N) is 2. The molecule has 0 atom stereocenters. The Labute approximate surface area is 126 Å². The number of fused-ring (bicyclic) bond motifs is 1. The van der Waals surface area contributed by atoms with Crippen molar-refractivity contribution in [3.63, 3.8) is 0 Å². The van der Waals surface area contributed by atoms with Gasteiger partial charge in [-0.1, -0.05) is 24.3 Å². The topological polar surface area (TPSA) is 40.6 Å². The Morgan fingerprint density at radius 2 is 1.81 bits per heavy atom. The van der Waals surface area contributed by atoms with Crippen LogP contribution in [0.5, 0.6) is 0 Å². The number of carbonyl (C=O) groups excluding carboxylic acids is 2. The van der Waals surface area contributed by atoms with Crippen LogP contribution in [0.2, 0.25) is 0 Å². The lowest BCUT2D eigenvalue weighted by Gasteiger charge is -2.37. The lowest BCUT2D eigenvalue weighted by molar-refractivity contribution is -0.143. The first kappa shape index (κ1) is 15.5.